The molecule has 6 heteroatoms. The molecule has 2 aromatic rings. The second-order valence-electron chi connectivity index (χ2n) is 5.35. The van der Waals surface area contributed by atoms with Crippen LogP contribution in [0.25, 0.3) is 0 Å². The van der Waals surface area contributed by atoms with Crippen molar-refractivity contribution in [1.82, 2.24) is 0 Å². The molecule has 0 saturated carbocycles. The molecule has 0 heterocycles. The highest BCUT2D eigenvalue weighted by molar-refractivity contribution is 6.33. The fraction of sp³-hybridized carbons (Fsp3) is 0.235. The van der Waals surface area contributed by atoms with Crippen molar-refractivity contribution >= 4 is 23.2 Å². The summed E-state index contributed by atoms with van der Waals surface area (Å²) < 4.78 is 38.2. The van der Waals surface area contributed by atoms with Gasteiger partial charge in [0.05, 0.1) is 22.7 Å². The van der Waals surface area contributed by atoms with E-state index in [-0.39, 0.29) is 17.1 Å². The quantitative estimate of drug-likeness (QED) is 0.821. The van der Waals surface area contributed by atoms with Crippen LogP contribution in [0.4, 0.5) is 18.9 Å². The number of hydrogen-bond acceptors (Lipinski definition) is 1. The summed E-state index contributed by atoms with van der Waals surface area (Å²) in [4.78, 5) is 12.1. The molecule has 0 radical (unpaired) electrons. The summed E-state index contributed by atoms with van der Waals surface area (Å²) in [7, 11) is 0. The molecule has 0 aliphatic rings. The first-order valence-corrected chi connectivity index (χ1v) is 7.27. The third kappa shape index (κ3) is 4.48. The van der Waals surface area contributed by atoms with Gasteiger partial charge in [-0.25, -0.2) is 0 Å². The number of rotatable bonds is 3. The van der Waals surface area contributed by atoms with Crippen molar-refractivity contribution in [3.05, 3.63) is 63.7 Å². The molecule has 0 aliphatic carbocycles. The van der Waals surface area contributed by atoms with Gasteiger partial charge in [-0.3, -0.25) is 4.79 Å². The van der Waals surface area contributed by atoms with Gasteiger partial charge >= 0.3 is 6.18 Å². The Labute approximate surface area is 137 Å². The maximum absolute atomic E-state index is 12.7. The van der Waals surface area contributed by atoms with E-state index in [1.165, 1.54) is 0 Å². The van der Waals surface area contributed by atoms with Crippen molar-refractivity contribution in [2.45, 2.75) is 26.4 Å². The number of halogens is 4. The van der Waals surface area contributed by atoms with Crippen LogP contribution in [-0.2, 0) is 17.4 Å². The zero-order chi connectivity index (χ0) is 17.2. The standard InChI is InChI=1S/C17H15ClF3NO/c1-10-3-4-11(2)12(7-10)8-16(23)22-15-9-13(17(19,20)21)5-6-14(15)18/h3-7,9H,8H2,1-2H3,(H,22,23). The third-order valence-corrected chi connectivity index (χ3v) is 3.75. The molecule has 0 atom stereocenters. The van der Waals surface area contributed by atoms with Crippen molar-refractivity contribution in [1.29, 1.82) is 0 Å². The molecular formula is C17H15ClF3NO. The van der Waals surface area contributed by atoms with Gasteiger partial charge in [0.1, 0.15) is 0 Å². The van der Waals surface area contributed by atoms with Crippen molar-refractivity contribution in [2.75, 3.05) is 5.32 Å². The number of aryl methyl sites for hydroxylation is 2. The summed E-state index contributed by atoms with van der Waals surface area (Å²) >= 11 is 5.87. The van der Waals surface area contributed by atoms with Crippen LogP contribution in [0, 0.1) is 13.8 Å². The van der Waals surface area contributed by atoms with Crippen LogP contribution in [0.2, 0.25) is 5.02 Å². The lowest BCUT2D eigenvalue weighted by atomic mass is 10.0. The SMILES string of the molecule is Cc1ccc(C)c(CC(=O)Nc2cc(C(F)(F)F)ccc2Cl)c1. The highest BCUT2D eigenvalue weighted by Crippen LogP contribution is 2.33. The number of hydrogen-bond donors (Lipinski definition) is 1. The Kier molecular flexibility index (Phi) is 5.00. The minimum Gasteiger partial charge on any atom is -0.324 e. The van der Waals surface area contributed by atoms with E-state index >= 15 is 0 Å². The minimum atomic E-state index is -4.49. The molecule has 0 fully saturated rings. The molecule has 0 aliphatic heterocycles. The van der Waals surface area contributed by atoms with Crippen molar-refractivity contribution in [3.63, 3.8) is 0 Å². The molecule has 0 unspecified atom stereocenters. The fourth-order valence-corrected chi connectivity index (χ4v) is 2.32. The van der Waals surface area contributed by atoms with E-state index in [0.717, 1.165) is 34.9 Å². The second-order valence-corrected chi connectivity index (χ2v) is 5.75. The van der Waals surface area contributed by atoms with Crippen LogP contribution in [0.15, 0.2) is 36.4 Å². The number of nitrogens with one attached hydrogen (secondary N) is 1. The van der Waals surface area contributed by atoms with Crippen molar-refractivity contribution in [2.24, 2.45) is 0 Å². The number of amides is 1. The van der Waals surface area contributed by atoms with Gasteiger partial charge in [0.2, 0.25) is 5.91 Å². The van der Waals surface area contributed by atoms with Gasteiger partial charge in [-0.05, 0) is 43.2 Å². The first-order chi connectivity index (χ1) is 10.7. The zero-order valence-electron chi connectivity index (χ0n) is 12.6. The first-order valence-electron chi connectivity index (χ1n) is 6.89. The molecular weight excluding hydrogens is 327 g/mol. The minimum absolute atomic E-state index is 0.0446. The number of carbonyl (C=O) groups is 1. The van der Waals surface area contributed by atoms with Crippen LogP contribution in [0.3, 0.4) is 0 Å². The van der Waals surface area contributed by atoms with Gasteiger partial charge in [-0.15, -0.1) is 0 Å². The third-order valence-electron chi connectivity index (χ3n) is 3.42. The molecule has 0 bridgehead atoms. The summed E-state index contributed by atoms with van der Waals surface area (Å²) in [6.07, 6.45) is -4.42. The van der Waals surface area contributed by atoms with E-state index in [4.69, 9.17) is 11.6 Å². The topological polar surface area (TPSA) is 29.1 Å². The van der Waals surface area contributed by atoms with Crippen molar-refractivity contribution in [3.8, 4) is 0 Å². The van der Waals surface area contributed by atoms with Crippen LogP contribution in [-0.4, -0.2) is 5.91 Å². The summed E-state index contributed by atoms with van der Waals surface area (Å²) in [6.45, 7) is 3.78. The van der Waals surface area contributed by atoms with E-state index < -0.39 is 17.6 Å². The fourth-order valence-electron chi connectivity index (χ4n) is 2.16. The number of benzene rings is 2. The molecule has 1 N–H and O–H groups in total. The summed E-state index contributed by atoms with van der Waals surface area (Å²) in [5.74, 6) is -0.417. The number of alkyl halides is 3. The monoisotopic (exact) mass is 341 g/mol. The van der Waals surface area contributed by atoms with Crippen LogP contribution in [0.5, 0.6) is 0 Å². The lowest BCUT2D eigenvalue weighted by molar-refractivity contribution is -0.137. The largest absolute Gasteiger partial charge is 0.416 e. The first kappa shape index (κ1) is 17.3. The van der Waals surface area contributed by atoms with E-state index in [1.807, 2.05) is 32.0 Å². The molecule has 1 amide bonds. The summed E-state index contributed by atoms with van der Waals surface area (Å²) in [5.41, 5.74) is 1.88. The van der Waals surface area contributed by atoms with Crippen molar-refractivity contribution < 1.29 is 18.0 Å². The van der Waals surface area contributed by atoms with E-state index in [0.29, 0.717) is 0 Å². The van der Waals surface area contributed by atoms with E-state index in [9.17, 15) is 18.0 Å². The Morgan fingerprint density at radius 1 is 1.13 bits per heavy atom. The Morgan fingerprint density at radius 3 is 2.48 bits per heavy atom. The molecule has 0 aromatic heterocycles. The average molecular weight is 342 g/mol. The predicted octanol–water partition coefficient (Wildman–Crippen LogP) is 5.16. The Bertz CT molecular complexity index is 741. The van der Waals surface area contributed by atoms with Gasteiger partial charge in [0.25, 0.3) is 0 Å². The Balaban J connectivity index is 2.18. The van der Waals surface area contributed by atoms with Gasteiger partial charge < -0.3 is 5.32 Å². The molecule has 122 valence electrons. The number of anilines is 1. The van der Waals surface area contributed by atoms with Gasteiger partial charge in [-0.2, -0.15) is 13.2 Å². The normalized spacial score (nSPS) is 11.4. The van der Waals surface area contributed by atoms with Gasteiger partial charge in [-0.1, -0.05) is 35.4 Å². The molecule has 2 rings (SSSR count). The molecule has 2 nitrogen and oxygen atoms in total. The Morgan fingerprint density at radius 2 is 1.83 bits per heavy atom. The molecule has 0 saturated heterocycles. The maximum atomic E-state index is 12.7. The van der Waals surface area contributed by atoms with Gasteiger partial charge in [0.15, 0.2) is 0 Å². The summed E-state index contributed by atoms with van der Waals surface area (Å²) in [5, 5.41) is 2.51. The second kappa shape index (κ2) is 6.62. The Hall–Kier alpha value is -2.01. The average Bonchev–Trinajstić information content (AvgIpc) is 2.44. The lowest BCUT2D eigenvalue weighted by Crippen LogP contribution is -2.16. The van der Waals surface area contributed by atoms with Gasteiger partial charge in [0, 0.05) is 0 Å². The van der Waals surface area contributed by atoms with Crippen LogP contribution < -0.4 is 5.32 Å². The number of carbonyl (C=O) groups excluding carboxylic acids is 1. The van der Waals surface area contributed by atoms with Crippen LogP contribution in [0.1, 0.15) is 22.3 Å². The molecule has 2 aromatic carbocycles. The lowest BCUT2D eigenvalue weighted by Gasteiger charge is -2.12. The maximum Gasteiger partial charge on any atom is 0.416 e. The summed E-state index contributed by atoms with van der Waals surface area (Å²) in [6, 6.07) is 8.54. The molecule has 23 heavy (non-hydrogen) atoms. The highest BCUT2D eigenvalue weighted by Gasteiger charge is 2.31. The van der Waals surface area contributed by atoms with E-state index in [1.54, 1.807) is 0 Å². The highest BCUT2D eigenvalue weighted by atomic mass is 35.5. The smallest absolute Gasteiger partial charge is 0.324 e. The molecule has 0 spiro atoms. The predicted molar refractivity (Wildman–Crippen MR) is 84.7 cm³/mol. The zero-order valence-corrected chi connectivity index (χ0v) is 13.3. The van der Waals surface area contributed by atoms with E-state index in [2.05, 4.69) is 5.32 Å². The van der Waals surface area contributed by atoms with Crippen LogP contribution >= 0.6 is 11.6 Å².